The van der Waals surface area contributed by atoms with Crippen LogP contribution in [0.15, 0.2) is 0 Å². The zero-order valence-corrected chi connectivity index (χ0v) is 12.1. The number of ether oxygens (including phenoxy) is 1. The third-order valence-electron chi connectivity index (χ3n) is 4.73. The summed E-state index contributed by atoms with van der Waals surface area (Å²) in [6.07, 6.45) is 6.95. The first-order chi connectivity index (χ1) is 8.83. The monoisotopic (exact) mass is 254 g/mol. The summed E-state index contributed by atoms with van der Waals surface area (Å²) in [7, 11) is 0. The highest BCUT2D eigenvalue weighted by Gasteiger charge is 2.26. The fourth-order valence-electron chi connectivity index (χ4n) is 3.44. The molecular weight excluding hydrogens is 224 g/mol. The van der Waals surface area contributed by atoms with Gasteiger partial charge in [-0.05, 0) is 44.1 Å². The lowest BCUT2D eigenvalue weighted by Crippen LogP contribution is -2.45. The normalized spacial score (nSPS) is 37.0. The number of rotatable bonds is 6. The van der Waals surface area contributed by atoms with Crippen molar-refractivity contribution in [3.63, 3.8) is 0 Å². The largest absolute Gasteiger partial charge is 0.378 e. The molecule has 3 heteroatoms. The zero-order chi connectivity index (χ0) is 12.8. The topological polar surface area (TPSA) is 33.3 Å². The van der Waals surface area contributed by atoms with Crippen LogP contribution in [0.25, 0.3) is 0 Å². The lowest BCUT2D eigenvalue weighted by Gasteiger charge is -2.30. The van der Waals surface area contributed by atoms with Crippen LogP contribution in [0.5, 0.6) is 0 Å². The van der Waals surface area contributed by atoms with Gasteiger partial charge in [0, 0.05) is 25.7 Å². The van der Waals surface area contributed by atoms with E-state index >= 15 is 0 Å². The Hall–Kier alpha value is -0.120. The summed E-state index contributed by atoms with van der Waals surface area (Å²) in [4.78, 5) is 0. The number of hydrogen-bond acceptors (Lipinski definition) is 3. The molecule has 3 nitrogen and oxygen atoms in total. The minimum atomic E-state index is 0.500. The molecule has 0 aromatic rings. The van der Waals surface area contributed by atoms with Crippen molar-refractivity contribution >= 4 is 0 Å². The summed E-state index contributed by atoms with van der Waals surface area (Å²) in [5, 5.41) is 7.30. The van der Waals surface area contributed by atoms with Crippen molar-refractivity contribution in [1.29, 1.82) is 0 Å². The van der Waals surface area contributed by atoms with Crippen molar-refractivity contribution in [2.45, 2.75) is 58.1 Å². The molecule has 2 N–H and O–H groups in total. The highest BCUT2D eigenvalue weighted by Crippen LogP contribution is 2.23. The van der Waals surface area contributed by atoms with Gasteiger partial charge in [-0.2, -0.15) is 0 Å². The summed E-state index contributed by atoms with van der Waals surface area (Å²) < 4.78 is 5.74. The molecule has 2 aliphatic rings. The highest BCUT2D eigenvalue weighted by molar-refractivity contribution is 4.82. The van der Waals surface area contributed by atoms with Crippen LogP contribution in [0.3, 0.4) is 0 Å². The number of hydrogen-bond donors (Lipinski definition) is 2. The number of nitrogens with one attached hydrogen (secondary N) is 2. The molecule has 2 heterocycles. The van der Waals surface area contributed by atoms with Gasteiger partial charge in [-0.3, -0.25) is 0 Å². The van der Waals surface area contributed by atoms with Gasteiger partial charge in [0.25, 0.3) is 0 Å². The van der Waals surface area contributed by atoms with Crippen LogP contribution < -0.4 is 10.6 Å². The van der Waals surface area contributed by atoms with Gasteiger partial charge in [-0.25, -0.2) is 0 Å². The van der Waals surface area contributed by atoms with Gasteiger partial charge in [0.2, 0.25) is 0 Å². The minimum absolute atomic E-state index is 0.500. The molecule has 0 radical (unpaired) electrons. The summed E-state index contributed by atoms with van der Waals surface area (Å²) in [6.45, 7) is 8.98. The fourth-order valence-corrected chi connectivity index (χ4v) is 3.44. The molecule has 2 saturated heterocycles. The average molecular weight is 254 g/mol. The Balaban J connectivity index is 1.62. The maximum atomic E-state index is 5.74. The van der Waals surface area contributed by atoms with Crippen LogP contribution in [0.4, 0.5) is 0 Å². The van der Waals surface area contributed by atoms with Gasteiger partial charge in [0.05, 0.1) is 6.10 Å². The van der Waals surface area contributed by atoms with Gasteiger partial charge in [-0.15, -0.1) is 0 Å². The maximum absolute atomic E-state index is 5.74. The van der Waals surface area contributed by atoms with Crippen LogP contribution in [0, 0.1) is 11.8 Å². The molecule has 0 aliphatic carbocycles. The molecule has 2 fully saturated rings. The first-order valence-electron chi connectivity index (χ1n) is 7.89. The van der Waals surface area contributed by atoms with Crippen molar-refractivity contribution in [2.75, 3.05) is 26.2 Å². The van der Waals surface area contributed by atoms with Crippen LogP contribution in [-0.2, 0) is 4.74 Å². The maximum Gasteiger partial charge on any atom is 0.0613 e. The van der Waals surface area contributed by atoms with E-state index < -0.39 is 0 Å². The van der Waals surface area contributed by atoms with Gasteiger partial charge in [-0.1, -0.05) is 20.3 Å². The molecule has 0 aromatic heterocycles. The Bertz CT molecular complexity index is 235. The first-order valence-corrected chi connectivity index (χ1v) is 7.89. The van der Waals surface area contributed by atoms with E-state index in [0.29, 0.717) is 12.1 Å². The Morgan fingerprint density at radius 3 is 2.83 bits per heavy atom. The molecule has 4 unspecified atom stereocenters. The van der Waals surface area contributed by atoms with E-state index in [9.17, 15) is 0 Å². The molecule has 0 bridgehead atoms. The van der Waals surface area contributed by atoms with Crippen LogP contribution in [-0.4, -0.2) is 38.4 Å². The van der Waals surface area contributed by atoms with Gasteiger partial charge >= 0.3 is 0 Å². The summed E-state index contributed by atoms with van der Waals surface area (Å²) in [5.74, 6) is 1.68. The van der Waals surface area contributed by atoms with E-state index in [-0.39, 0.29) is 0 Å². The molecular formula is C15H30N2O. The summed E-state index contributed by atoms with van der Waals surface area (Å²) in [6, 6.07) is 0.686. The average Bonchev–Trinajstić information content (AvgIpc) is 2.86. The molecule has 4 atom stereocenters. The third kappa shape index (κ3) is 3.94. The third-order valence-corrected chi connectivity index (χ3v) is 4.73. The van der Waals surface area contributed by atoms with Gasteiger partial charge in [0.15, 0.2) is 0 Å². The van der Waals surface area contributed by atoms with E-state index in [2.05, 4.69) is 24.5 Å². The molecule has 0 aromatic carbocycles. The predicted molar refractivity (Wildman–Crippen MR) is 75.8 cm³/mol. The van der Waals surface area contributed by atoms with E-state index in [4.69, 9.17) is 4.74 Å². The Morgan fingerprint density at radius 2 is 2.06 bits per heavy atom. The van der Waals surface area contributed by atoms with E-state index in [0.717, 1.165) is 38.0 Å². The second-order valence-electron chi connectivity index (χ2n) is 5.97. The lowest BCUT2D eigenvalue weighted by molar-refractivity contribution is 0.0870. The Morgan fingerprint density at radius 1 is 1.17 bits per heavy atom. The molecule has 0 spiro atoms. The first kappa shape index (κ1) is 14.3. The molecule has 0 amide bonds. The Labute approximate surface area is 112 Å². The van der Waals surface area contributed by atoms with Crippen molar-refractivity contribution in [1.82, 2.24) is 10.6 Å². The van der Waals surface area contributed by atoms with Crippen molar-refractivity contribution < 1.29 is 4.74 Å². The van der Waals surface area contributed by atoms with E-state index in [1.165, 1.54) is 32.2 Å². The van der Waals surface area contributed by atoms with Crippen molar-refractivity contribution in [3.05, 3.63) is 0 Å². The fraction of sp³-hybridized carbons (Fsp3) is 1.00. The molecule has 18 heavy (non-hydrogen) atoms. The summed E-state index contributed by atoms with van der Waals surface area (Å²) in [5.41, 5.74) is 0. The van der Waals surface area contributed by atoms with Crippen molar-refractivity contribution in [2.24, 2.45) is 11.8 Å². The molecule has 2 rings (SSSR count). The standard InChI is InChI=1S/C15H30N2O/c1-3-12-5-7-17-14(9-12)11-16-10-13-6-8-18-15(13)4-2/h12-17H,3-11H2,1-2H3. The minimum Gasteiger partial charge on any atom is -0.378 e. The van der Waals surface area contributed by atoms with Crippen LogP contribution in [0.1, 0.15) is 46.0 Å². The highest BCUT2D eigenvalue weighted by atomic mass is 16.5. The molecule has 0 saturated carbocycles. The summed E-state index contributed by atoms with van der Waals surface area (Å²) >= 11 is 0. The van der Waals surface area contributed by atoms with Crippen LogP contribution >= 0.6 is 0 Å². The predicted octanol–water partition coefficient (Wildman–Crippen LogP) is 2.17. The zero-order valence-electron chi connectivity index (χ0n) is 12.1. The van der Waals surface area contributed by atoms with Gasteiger partial charge < -0.3 is 15.4 Å². The van der Waals surface area contributed by atoms with E-state index in [1.807, 2.05) is 0 Å². The van der Waals surface area contributed by atoms with Crippen LogP contribution in [0.2, 0.25) is 0 Å². The number of piperidine rings is 1. The molecule has 106 valence electrons. The molecule has 2 aliphatic heterocycles. The second-order valence-corrected chi connectivity index (χ2v) is 5.97. The quantitative estimate of drug-likeness (QED) is 0.762. The SMILES string of the molecule is CCC1CCNC(CNCC2CCOC2CC)C1. The smallest absolute Gasteiger partial charge is 0.0613 e. The van der Waals surface area contributed by atoms with Crippen molar-refractivity contribution in [3.8, 4) is 0 Å². The Kier molecular flexibility index (Phi) is 5.93. The van der Waals surface area contributed by atoms with Gasteiger partial charge in [0.1, 0.15) is 0 Å². The van der Waals surface area contributed by atoms with E-state index in [1.54, 1.807) is 0 Å². The lowest BCUT2D eigenvalue weighted by atomic mass is 9.90. The second kappa shape index (κ2) is 7.46.